The quantitative estimate of drug-likeness (QED) is 0.931. The Bertz CT molecular complexity index is 642. The number of nitrogens with one attached hydrogen (secondary N) is 1. The molecule has 19 heavy (non-hydrogen) atoms. The maximum atomic E-state index is 11.8. The summed E-state index contributed by atoms with van der Waals surface area (Å²) in [5.41, 5.74) is 1.37. The summed E-state index contributed by atoms with van der Waals surface area (Å²) in [6.07, 6.45) is 1.52. The molecule has 1 aromatic heterocycles. The summed E-state index contributed by atoms with van der Waals surface area (Å²) in [6.45, 7) is 0. The topological polar surface area (TPSA) is 69.0 Å². The summed E-state index contributed by atoms with van der Waals surface area (Å²) in [4.78, 5) is 18.0. The van der Waals surface area contributed by atoms with Crippen LogP contribution in [0.3, 0.4) is 0 Å². The molecular formula is C13H12N4OS. The molecule has 0 saturated heterocycles. The highest BCUT2D eigenvalue weighted by molar-refractivity contribution is 7.16. The number of nitriles is 1. The van der Waals surface area contributed by atoms with Crippen LogP contribution in [0, 0.1) is 11.3 Å². The highest BCUT2D eigenvalue weighted by Gasteiger charge is 2.09. The molecule has 5 nitrogen and oxygen atoms in total. The minimum atomic E-state index is -0.0551. The molecule has 1 aromatic carbocycles. The lowest BCUT2D eigenvalue weighted by atomic mass is 10.2. The summed E-state index contributed by atoms with van der Waals surface area (Å²) >= 11 is 1.27. The standard InChI is InChI=1S/C13H12N4OS/c1-17(2)12(18)9-4-3-5-10(6-9)16-13-15-8-11(7-14)19-13/h3-6,8H,1-2H3,(H,15,16). The Hall–Kier alpha value is -2.39. The van der Waals surface area contributed by atoms with E-state index in [9.17, 15) is 4.79 Å². The molecule has 0 unspecified atom stereocenters. The average molecular weight is 272 g/mol. The summed E-state index contributed by atoms with van der Waals surface area (Å²) < 4.78 is 0. The Morgan fingerprint density at radius 1 is 1.47 bits per heavy atom. The van der Waals surface area contributed by atoms with Gasteiger partial charge < -0.3 is 10.2 Å². The van der Waals surface area contributed by atoms with Crippen molar-refractivity contribution in [1.29, 1.82) is 5.26 Å². The van der Waals surface area contributed by atoms with Crippen LogP contribution in [0.5, 0.6) is 0 Å². The predicted molar refractivity (Wildman–Crippen MR) is 74.6 cm³/mol. The van der Waals surface area contributed by atoms with Gasteiger partial charge in [0.15, 0.2) is 5.13 Å². The van der Waals surface area contributed by atoms with Gasteiger partial charge in [-0.15, -0.1) is 0 Å². The molecule has 0 aliphatic rings. The van der Waals surface area contributed by atoms with Gasteiger partial charge in [0.1, 0.15) is 10.9 Å². The van der Waals surface area contributed by atoms with Crippen LogP contribution in [0.4, 0.5) is 10.8 Å². The van der Waals surface area contributed by atoms with E-state index in [0.717, 1.165) is 5.69 Å². The number of rotatable bonds is 3. The second-order valence-corrected chi connectivity index (χ2v) is 5.08. The third kappa shape index (κ3) is 3.09. The number of carbonyl (C=O) groups is 1. The lowest BCUT2D eigenvalue weighted by Crippen LogP contribution is -2.21. The third-order valence-electron chi connectivity index (χ3n) is 2.38. The molecule has 0 radical (unpaired) electrons. The average Bonchev–Trinajstić information content (AvgIpc) is 2.85. The zero-order valence-corrected chi connectivity index (χ0v) is 11.4. The van der Waals surface area contributed by atoms with Crippen molar-refractivity contribution in [3.8, 4) is 6.07 Å². The number of anilines is 2. The molecular weight excluding hydrogens is 260 g/mol. The molecule has 1 amide bonds. The van der Waals surface area contributed by atoms with Gasteiger partial charge in [-0.05, 0) is 18.2 Å². The lowest BCUT2D eigenvalue weighted by Gasteiger charge is -2.11. The van der Waals surface area contributed by atoms with Crippen LogP contribution in [0.25, 0.3) is 0 Å². The Kier molecular flexibility index (Phi) is 3.78. The molecule has 0 atom stereocenters. The van der Waals surface area contributed by atoms with Crippen LogP contribution in [-0.4, -0.2) is 29.9 Å². The number of benzene rings is 1. The van der Waals surface area contributed by atoms with Gasteiger partial charge in [-0.1, -0.05) is 17.4 Å². The van der Waals surface area contributed by atoms with Gasteiger partial charge in [0.2, 0.25) is 0 Å². The maximum absolute atomic E-state index is 11.8. The summed E-state index contributed by atoms with van der Waals surface area (Å²) in [7, 11) is 3.42. The van der Waals surface area contributed by atoms with E-state index in [4.69, 9.17) is 5.26 Å². The molecule has 2 aromatic rings. The minimum Gasteiger partial charge on any atom is -0.345 e. The molecule has 0 bridgehead atoms. The van der Waals surface area contributed by atoms with E-state index in [1.165, 1.54) is 22.4 Å². The van der Waals surface area contributed by atoms with Gasteiger partial charge in [0.05, 0.1) is 6.20 Å². The van der Waals surface area contributed by atoms with Crippen LogP contribution in [0.15, 0.2) is 30.5 Å². The van der Waals surface area contributed by atoms with Crippen molar-refractivity contribution in [3.63, 3.8) is 0 Å². The molecule has 1 N–H and O–H groups in total. The first kappa shape index (κ1) is 13.1. The van der Waals surface area contributed by atoms with E-state index in [-0.39, 0.29) is 5.91 Å². The fraction of sp³-hybridized carbons (Fsp3) is 0.154. The first-order valence-corrected chi connectivity index (χ1v) is 6.36. The Morgan fingerprint density at radius 2 is 2.26 bits per heavy atom. The molecule has 96 valence electrons. The van der Waals surface area contributed by atoms with E-state index >= 15 is 0 Å². The number of hydrogen-bond donors (Lipinski definition) is 1. The van der Waals surface area contributed by atoms with E-state index < -0.39 is 0 Å². The fourth-order valence-corrected chi connectivity index (χ4v) is 2.13. The van der Waals surface area contributed by atoms with Gasteiger partial charge in [-0.3, -0.25) is 4.79 Å². The van der Waals surface area contributed by atoms with E-state index in [1.807, 2.05) is 12.1 Å². The first-order chi connectivity index (χ1) is 9.10. The molecule has 0 aliphatic carbocycles. The minimum absolute atomic E-state index is 0.0551. The SMILES string of the molecule is CN(C)C(=O)c1cccc(Nc2ncc(C#N)s2)c1. The number of amides is 1. The maximum Gasteiger partial charge on any atom is 0.253 e. The van der Waals surface area contributed by atoms with Crippen molar-refractivity contribution in [2.24, 2.45) is 0 Å². The van der Waals surface area contributed by atoms with Crippen molar-refractivity contribution in [2.75, 3.05) is 19.4 Å². The summed E-state index contributed by atoms with van der Waals surface area (Å²) in [6, 6.07) is 9.20. The van der Waals surface area contributed by atoms with Crippen molar-refractivity contribution in [2.45, 2.75) is 0 Å². The number of aromatic nitrogens is 1. The predicted octanol–water partition coefficient (Wildman–Crippen LogP) is 2.46. The van der Waals surface area contributed by atoms with Gasteiger partial charge >= 0.3 is 0 Å². The summed E-state index contributed by atoms with van der Waals surface area (Å²) in [5.74, 6) is -0.0551. The second-order valence-electron chi connectivity index (χ2n) is 4.05. The smallest absolute Gasteiger partial charge is 0.253 e. The fourth-order valence-electron chi connectivity index (χ4n) is 1.50. The number of thiazole rings is 1. The Balaban J connectivity index is 2.20. The molecule has 0 spiro atoms. The van der Waals surface area contributed by atoms with Crippen molar-refractivity contribution in [1.82, 2.24) is 9.88 Å². The third-order valence-corrected chi connectivity index (χ3v) is 3.20. The van der Waals surface area contributed by atoms with Gasteiger partial charge in [-0.2, -0.15) is 5.26 Å². The van der Waals surface area contributed by atoms with Crippen molar-refractivity contribution < 1.29 is 4.79 Å². The first-order valence-electron chi connectivity index (χ1n) is 5.55. The molecule has 2 rings (SSSR count). The van der Waals surface area contributed by atoms with Gasteiger partial charge in [0.25, 0.3) is 5.91 Å². The van der Waals surface area contributed by atoms with Crippen LogP contribution in [0.2, 0.25) is 0 Å². The van der Waals surface area contributed by atoms with Crippen LogP contribution >= 0.6 is 11.3 Å². The monoisotopic (exact) mass is 272 g/mol. The zero-order valence-electron chi connectivity index (χ0n) is 10.5. The van der Waals surface area contributed by atoms with Gasteiger partial charge in [0, 0.05) is 25.3 Å². The molecule has 0 aliphatic heterocycles. The Morgan fingerprint density at radius 3 is 2.89 bits per heavy atom. The van der Waals surface area contributed by atoms with Crippen LogP contribution in [-0.2, 0) is 0 Å². The van der Waals surface area contributed by atoms with Gasteiger partial charge in [-0.25, -0.2) is 4.98 Å². The molecule has 6 heteroatoms. The largest absolute Gasteiger partial charge is 0.345 e. The Labute approximate surface area is 115 Å². The second kappa shape index (κ2) is 5.50. The van der Waals surface area contributed by atoms with E-state index in [2.05, 4.69) is 10.3 Å². The van der Waals surface area contributed by atoms with E-state index in [1.54, 1.807) is 32.3 Å². The number of hydrogen-bond acceptors (Lipinski definition) is 5. The van der Waals surface area contributed by atoms with Crippen molar-refractivity contribution >= 4 is 28.1 Å². The number of nitrogens with zero attached hydrogens (tertiary/aromatic N) is 3. The highest BCUT2D eigenvalue weighted by atomic mass is 32.1. The lowest BCUT2D eigenvalue weighted by molar-refractivity contribution is 0.0827. The molecule has 0 saturated carbocycles. The van der Waals surface area contributed by atoms with Crippen LogP contribution in [0.1, 0.15) is 15.2 Å². The number of carbonyl (C=O) groups excluding carboxylic acids is 1. The molecule has 0 fully saturated rings. The van der Waals surface area contributed by atoms with Crippen molar-refractivity contribution in [3.05, 3.63) is 40.9 Å². The zero-order chi connectivity index (χ0) is 13.8. The summed E-state index contributed by atoms with van der Waals surface area (Å²) in [5, 5.41) is 12.4. The van der Waals surface area contributed by atoms with E-state index in [0.29, 0.717) is 15.6 Å². The normalized spacial score (nSPS) is 9.74. The van der Waals surface area contributed by atoms with Crippen LogP contribution < -0.4 is 5.32 Å². The molecule has 1 heterocycles. The highest BCUT2D eigenvalue weighted by Crippen LogP contribution is 2.22.